The lowest BCUT2D eigenvalue weighted by Gasteiger charge is -2.21. The summed E-state index contributed by atoms with van der Waals surface area (Å²) in [5.74, 6) is -2.38. The maximum absolute atomic E-state index is 13.1. The van der Waals surface area contributed by atoms with E-state index in [9.17, 15) is 43.2 Å². The number of carbonyl (C=O) groups is 4. The molecule has 0 saturated heterocycles. The number of unbranched alkanes of at least 4 members (excludes halogenated alkanes) is 15. The van der Waals surface area contributed by atoms with Crippen LogP contribution in [0.25, 0.3) is 0 Å². The molecule has 0 bridgehead atoms. The number of aliphatic hydroxyl groups is 1. The third-order valence-corrected chi connectivity index (χ3v) is 17.3. The highest BCUT2D eigenvalue weighted by Crippen LogP contribution is 2.45. The van der Waals surface area contributed by atoms with Crippen molar-refractivity contribution in [2.75, 3.05) is 39.6 Å². The van der Waals surface area contributed by atoms with Gasteiger partial charge in [-0.15, -0.1) is 0 Å². The Morgan fingerprint density at radius 1 is 0.279 bits per heavy atom. The van der Waals surface area contributed by atoms with Gasteiger partial charge in [0, 0.05) is 25.7 Å². The van der Waals surface area contributed by atoms with Gasteiger partial charge in [0.1, 0.15) is 19.3 Å². The molecule has 104 heavy (non-hydrogen) atoms. The van der Waals surface area contributed by atoms with Crippen molar-refractivity contribution in [3.05, 3.63) is 182 Å². The van der Waals surface area contributed by atoms with Crippen LogP contribution >= 0.6 is 15.6 Å². The van der Waals surface area contributed by atoms with E-state index in [1.54, 1.807) is 0 Å². The van der Waals surface area contributed by atoms with Gasteiger partial charge in [-0.05, 0) is 154 Å². The van der Waals surface area contributed by atoms with Crippen molar-refractivity contribution in [3.8, 4) is 0 Å². The van der Waals surface area contributed by atoms with Crippen LogP contribution in [0.15, 0.2) is 182 Å². The molecular formula is C85H136O17P2. The quantitative estimate of drug-likeness (QED) is 0.0169. The average Bonchev–Trinajstić information content (AvgIpc) is 0.931. The fourth-order valence-electron chi connectivity index (χ4n) is 9.51. The molecule has 0 aliphatic carbocycles. The molecular weight excluding hydrogens is 1350 g/mol. The predicted octanol–water partition coefficient (Wildman–Crippen LogP) is 22.8. The molecule has 5 unspecified atom stereocenters. The minimum Gasteiger partial charge on any atom is -0.462 e. The fourth-order valence-corrected chi connectivity index (χ4v) is 11.1. The summed E-state index contributed by atoms with van der Waals surface area (Å²) in [5, 5.41) is 10.6. The van der Waals surface area contributed by atoms with Gasteiger partial charge in [0.25, 0.3) is 0 Å². The van der Waals surface area contributed by atoms with Crippen LogP contribution in [0, 0.1) is 0 Å². The van der Waals surface area contributed by atoms with Crippen molar-refractivity contribution in [1.29, 1.82) is 0 Å². The second-order valence-electron chi connectivity index (χ2n) is 25.1. The van der Waals surface area contributed by atoms with E-state index >= 15 is 0 Å². The maximum atomic E-state index is 13.1. The van der Waals surface area contributed by atoms with E-state index in [0.717, 1.165) is 173 Å². The summed E-state index contributed by atoms with van der Waals surface area (Å²) in [6, 6.07) is 0. The molecule has 0 aromatic heterocycles. The molecule has 0 amide bonds. The van der Waals surface area contributed by atoms with Crippen molar-refractivity contribution in [1.82, 2.24) is 0 Å². The topological polar surface area (TPSA) is 237 Å². The fraction of sp³-hybridized carbons (Fsp3) is 0.600. The smallest absolute Gasteiger partial charge is 0.462 e. The van der Waals surface area contributed by atoms with Gasteiger partial charge in [-0.3, -0.25) is 37.3 Å². The van der Waals surface area contributed by atoms with Crippen molar-refractivity contribution in [2.24, 2.45) is 0 Å². The van der Waals surface area contributed by atoms with Crippen LogP contribution in [0.4, 0.5) is 0 Å². The summed E-state index contributed by atoms with van der Waals surface area (Å²) in [4.78, 5) is 72.9. The molecule has 0 aliphatic heterocycles. The van der Waals surface area contributed by atoms with Crippen molar-refractivity contribution < 1.29 is 80.2 Å². The molecule has 5 atom stereocenters. The number of aliphatic hydroxyl groups excluding tert-OH is 1. The van der Waals surface area contributed by atoms with E-state index in [-0.39, 0.29) is 25.7 Å². The van der Waals surface area contributed by atoms with E-state index in [4.69, 9.17) is 37.0 Å². The number of rotatable bonds is 71. The van der Waals surface area contributed by atoms with Crippen LogP contribution in [0.5, 0.6) is 0 Å². The van der Waals surface area contributed by atoms with E-state index in [2.05, 4.69) is 180 Å². The first-order valence-electron chi connectivity index (χ1n) is 39.0. The number of ether oxygens (including phenoxy) is 4. The van der Waals surface area contributed by atoms with Gasteiger partial charge < -0.3 is 33.8 Å². The summed E-state index contributed by atoms with van der Waals surface area (Å²) >= 11 is 0. The average molecular weight is 1490 g/mol. The van der Waals surface area contributed by atoms with Crippen LogP contribution in [0.3, 0.4) is 0 Å². The third-order valence-electron chi connectivity index (χ3n) is 15.4. The normalized spacial score (nSPS) is 14.9. The Kier molecular flexibility index (Phi) is 71.2. The number of allylic oxidation sites excluding steroid dienone is 30. The van der Waals surface area contributed by atoms with Crippen molar-refractivity contribution >= 4 is 39.5 Å². The van der Waals surface area contributed by atoms with E-state index in [1.807, 2.05) is 30.4 Å². The lowest BCUT2D eigenvalue weighted by Crippen LogP contribution is -2.30. The van der Waals surface area contributed by atoms with Gasteiger partial charge in [0.05, 0.1) is 26.4 Å². The Hall–Kier alpha value is -5.84. The van der Waals surface area contributed by atoms with Crippen LogP contribution < -0.4 is 0 Å². The highest BCUT2D eigenvalue weighted by Gasteiger charge is 2.30. The third kappa shape index (κ3) is 74.4. The first-order valence-corrected chi connectivity index (χ1v) is 42.0. The van der Waals surface area contributed by atoms with Gasteiger partial charge in [-0.1, -0.05) is 274 Å². The number of hydrogen-bond donors (Lipinski definition) is 3. The molecule has 0 fully saturated rings. The largest absolute Gasteiger partial charge is 0.472 e. The molecule has 0 spiro atoms. The molecule has 0 aliphatic rings. The number of hydrogen-bond acceptors (Lipinski definition) is 15. The summed E-state index contributed by atoms with van der Waals surface area (Å²) in [6.07, 6.45) is 90.5. The van der Waals surface area contributed by atoms with Crippen molar-refractivity contribution in [2.45, 2.75) is 290 Å². The molecule has 588 valence electrons. The summed E-state index contributed by atoms with van der Waals surface area (Å²) in [7, 11) is -10.0. The zero-order valence-corrected chi connectivity index (χ0v) is 65.9. The molecule has 0 heterocycles. The van der Waals surface area contributed by atoms with Gasteiger partial charge >= 0.3 is 39.5 Å². The Balaban J connectivity index is 5.47. The van der Waals surface area contributed by atoms with Gasteiger partial charge in [-0.25, -0.2) is 9.13 Å². The molecule has 3 N–H and O–H groups in total. The highest BCUT2D eigenvalue weighted by molar-refractivity contribution is 7.47. The molecule has 0 radical (unpaired) electrons. The van der Waals surface area contributed by atoms with Crippen LogP contribution in [-0.4, -0.2) is 96.7 Å². The van der Waals surface area contributed by atoms with Crippen molar-refractivity contribution in [3.63, 3.8) is 0 Å². The number of phosphoric ester groups is 2. The second-order valence-corrected chi connectivity index (χ2v) is 28.1. The Bertz CT molecular complexity index is 2690. The second kappa shape index (κ2) is 75.4. The first-order chi connectivity index (χ1) is 50.7. The maximum Gasteiger partial charge on any atom is 0.472 e. The van der Waals surface area contributed by atoms with E-state index in [0.29, 0.717) is 38.5 Å². The van der Waals surface area contributed by atoms with Crippen LogP contribution in [0.2, 0.25) is 0 Å². The lowest BCUT2D eigenvalue weighted by atomic mass is 10.1. The minimum atomic E-state index is -5.01. The summed E-state index contributed by atoms with van der Waals surface area (Å²) in [6.45, 7) is 4.29. The lowest BCUT2D eigenvalue weighted by molar-refractivity contribution is -0.161. The molecule has 19 heteroatoms. The molecule has 17 nitrogen and oxygen atoms in total. The van der Waals surface area contributed by atoms with Crippen LogP contribution in [-0.2, 0) is 65.4 Å². The van der Waals surface area contributed by atoms with Gasteiger partial charge in [-0.2, -0.15) is 0 Å². The monoisotopic (exact) mass is 1490 g/mol. The minimum absolute atomic E-state index is 0.0275. The summed E-state index contributed by atoms with van der Waals surface area (Å²) < 4.78 is 68.4. The number of carbonyl (C=O) groups excluding carboxylic acids is 4. The standard InChI is InChI=1S/C85H136O17P2/c1-5-9-13-17-21-25-29-32-35-38-39-42-44-47-51-54-58-62-66-70-82(87)95-75-80(101-84(89)71-67-63-59-55-49-28-24-20-16-12-8-4)77-99-103(91,92)97-73-79(86)74-98-104(93,94)100-78-81(102-85(90)72-68-64-60-56-52-48-45-41-37-34-31-27-23-19-15-11-7-3)76-96-83(88)69-65-61-57-53-50-46-43-40-36-33-30-26-22-18-14-10-6-2/h9-11,13-15,20-27,32-37,39,42-43,46-47,51,53,57-58,62,79-81,86H,5-8,12,16-19,28-31,38,40-41,44-45,48-50,52,54-56,59-61,63-78H2,1-4H3,(H,91,92)(H,93,94)/b13-9-,14-10-,15-11-,24-20-,25-21-,26-22-,27-23-,35-32-,36-33-,37-34-,42-39-,46-43-,51-47-,57-53-,62-58-. The predicted molar refractivity (Wildman–Crippen MR) is 426 cm³/mol. The number of phosphoric acid groups is 2. The van der Waals surface area contributed by atoms with Crippen LogP contribution in [0.1, 0.15) is 272 Å². The Morgan fingerprint density at radius 3 is 0.865 bits per heavy atom. The van der Waals surface area contributed by atoms with E-state index in [1.165, 1.54) is 6.42 Å². The van der Waals surface area contributed by atoms with E-state index < -0.39 is 97.5 Å². The zero-order chi connectivity index (χ0) is 76.0. The Labute approximate surface area is 628 Å². The molecule has 0 saturated carbocycles. The SMILES string of the molecule is CC/C=C\C/C=C\C/C=C\C/C=C\C/C=C\C/C=C\CCC(=O)OCC(COP(=O)(O)OCC(O)COP(=O)(O)OCC(COC(=O)CCC/C=C\C/C=C\C/C=C\C/C=C\C/C=C\CC)OC(=O)CCCCCCCCC/C=C\C/C=C\C/C=C\CC)OC(=O)CCCCCCC/C=C\CCCC. The molecule has 0 aromatic rings. The first kappa shape index (κ1) is 98.2. The highest BCUT2D eigenvalue weighted by atomic mass is 31.2. The molecule has 0 rings (SSSR count). The van der Waals surface area contributed by atoms with Gasteiger partial charge in [0.15, 0.2) is 12.2 Å². The Morgan fingerprint density at radius 2 is 0.529 bits per heavy atom. The zero-order valence-electron chi connectivity index (χ0n) is 64.1. The van der Waals surface area contributed by atoms with Gasteiger partial charge in [0.2, 0.25) is 0 Å². The molecule has 0 aromatic carbocycles. The summed E-state index contributed by atoms with van der Waals surface area (Å²) in [5.41, 5.74) is 0. The number of esters is 4.